The minimum atomic E-state index is -0.273. The fraction of sp³-hybridized carbons (Fsp3) is 0.136. The molecule has 0 atom stereocenters. The normalized spacial score (nSPS) is 11.5. The number of halogens is 1. The molecule has 0 aliphatic rings. The third kappa shape index (κ3) is 3.13. The number of aromatic nitrogens is 4. The smallest absolute Gasteiger partial charge is 0.291 e. The fourth-order valence-corrected chi connectivity index (χ4v) is 4.66. The zero-order valence-corrected chi connectivity index (χ0v) is 16.5. The van der Waals surface area contributed by atoms with Gasteiger partial charge >= 0.3 is 0 Å². The Balaban J connectivity index is 1.70. The van der Waals surface area contributed by atoms with E-state index in [2.05, 4.69) is 23.1 Å². The number of nitrogens with zero attached hydrogens (tertiary/aromatic N) is 4. The van der Waals surface area contributed by atoms with E-state index in [0.29, 0.717) is 18.6 Å². The van der Waals surface area contributed by atoms with Gasteiger partial charge in [-0.1, -0.05) is 18.2 Å². The number of fused-ring (bicyclic) bond motifs is 3. The van der Waals surface area contributed by atoms with Gasteiger partial charge in [-0.15, -0.1) is 11.3 Å². The van der Waals surface area contributed by atoms with Gasteiger partial charge in [0, 0.05) is 29.2 Å². The molecule has 144 valence electrons. The molecule has 0 unspecified atom stereocenters. The largest absolute Gasteiger partial charge is 0.331 e. The van der Waals surface area contributed by atoms with Gasteiger partial charge in [-0.2, -0.15) is 5.10 Å². The Morgan fingerprint density at radius 3 is 2.66 bits per heavy atom. The second-order valence-electron chi connectivity index (χ2n) is 7.01. The topological polar surface area (TPSA) is 52.7 Å². The van der Waals surface area contributed by atoms with Gasteiger partial charge < -0.3 is 4.57 Å². The van der Waals surface area contributed by atoms with E-state index in [0.717, 1.165) is 26.7 Å². The predicted molar refractivity (Wildman–Crippen MR) is 113 cm³/mol. The third-order valence-electron chi connectivity index (χ3n) is 4.97. The first kappa shape index (κ1) is 17.8. The Morgan fingerprint density at radius 1 is 1.07 bits per heavy atom. The number of hydrogen-bond acceptors (Lipinski definition) is 4. The molecular weight excluding hydrogens is 387 g/mol. The number of benzene rings is 1. The molecule has 0 bridgehead atoms. The summed E-state index contributed by atoms with van der Waals surface area (Å²) in [7, 11) is 0. The SMILES string of the molecule is Cc1cc2c(s1)c1cnn(Cc3cccnc3)c(=O)c1n2Cc1ccc(F)cc1. The number of aryl methyl sites for hydroxylation is 1. The van der Waals surface area contributed by atoms with E-state index >= 15 is 0 Å². The van der Waals surface area contributed by atoms with Crippen molar-refractivity contribution in [3.63, 3.8) is 0 Å². The molecule has 5 rings (SSSR count). The van der Waals surface area contributed by atoms with Crippen LogP contribution in [0, 0.1) is 12.7 Å². The van der Waals surface area contributed by atoms with E-state index in [4.69, 9.17) is 0 Å². The molecule has 0 amide bonds. The molecule has 0 radical (unpaired) electrons. The molecule has 5 aromatic rings. The summed E-state index contributed by atoms with van der Waals surface area (Å²) in [4.78, 5) is 18.6. The van der Waals surface area contributed by atoms with Crippen LogP contribution in [0.3, 0.4) is 0 Å². The highest BCUT2D eigenvalue weighted by Gasteiger charge is 2.18. The fourth-order valence-electron chi connectivity index (χ4n) is 3.63. The third-order valence-corrected chi connectivity index (χ3v) is 6.04. The van der Waals surface area contributed by atoms with Gasteiger partial charge in [-0.3, -0.25) is 9.78 Å². The first-order valence-corrected chi connectivity index (χ1v) is 10.0. The van der Waals surface area contributed by atoms with Crippen LogP contribution >= 0.6 is 11.3 Å². The summed E-state index contributed by atoms with van der Waals surface area (Å²) in [6.07, 6.45) is 5.21. The van der Waals surface area contributed by atoms with Crippen molar-refractivity contribution >= 4 is 32.5 Å². The molecule has 29 heavy (non-hydrogen) atoms. The molecule has 0 saturated carbocycles. The Labute approximate surface area is 169 Å². The van der Waals surface area contributed by atoms with Crippen LogP contribution in [0.4, 0.5) is 4.39 Å². The van der Waals surface area contributed by atoms with E-state index in [1.807, 2.05) is 16.7 Å². The highest BCUT2D eigenvalue weighted by molar-refractivity contribution is 7.20. The van der Waals surface area contributed by atoms with E-state index in [1.165, 1.54) is 21.7 Å². The van der Waals surface area contributed by atoms with Crippen LogP contribution in [0.15, 0.2) is 65.8 Å². The standard InChI is InChI=1S/C22H17FN4OS/c1-14-9-19-21(29-14)18-11-25-27(13-16-3-2-8-24-10-16)22(28)20(18)26(19)12-15-4-6-17(23)7-5-15/h2-11H,12-13H2,1H3. The van der Waals surface area contributed by atoms with Crippen LogP contribution in [0.1, 0.15) is 16.0 Å². The lowest BCUT2D eigenvalue weighted by molar-refractivity contribution is 0.626. The van der Waals surface area contributed by atoms with Gasteiger partial charge in [0.1, 0.15) is 11.3 Å². The second-order valence-corrected chi connectivity index (χ2v) is 8.27. The van der Waals surface area contributed by atoms with E-state index in [9.17, 15) is 9.18 Å². The molecule has 0 aliphatic carbocycles. The van der Waals surface area contributed by atoms with E-state index < -0.39 is 0 Å². The Morgan fingerprint density at radius 2 is 1.90 bits per heavy atom. The first-order valence-electron chi connectivity index (χ1n) is 9.22. The van der Waals surface area contributed by atoms with Crippen molar-refractivity contribution in [2.75, 3.05) is 0 Å². The van der Waals surface area contributed by atoms with Gasteiger partial charge in [0.15, 0.2) is 0 Å². The maximum absolute atomic E-state index is 13.4. The summed E-state index contributed by atoms with van der Waals surface area (Å²) in [5, 5.41) is 5.27. The lowest BCUT2D eigenvalue weighted by atomic mass is 10.2. The predicted octanol–water partition coefficient (Wildman–Crippen LogP) is 4.35. The number of rotatable bonds is 4. The quantitative estimate of drug-likeness (QED) is 0.447. The van der Waals surface area contributed by atoms with Crippen molar-refractivity contribution in [1.82, 2.24) is 19.3 Å². The number of thiophene rings is 1. The van der Waals surface area contributed by atoms with Crippen LogP contribution in [0.5, 0.6) is 0 Å². The van der Waals surface area contributed by atoms with Crippen molar-refractivity contribution in [3.05, 3.63) is 93.2 Å². The van der Waals surface area contributed by atoms with Crippen molar-refractivity contribution in [2.24, 2.45) is 0 Å². The summed E-state index contributed by atoms with van der Waals surface area (Å²) in [6, 6.07) is 12.2. The van der Waals surface area contributed by atoms with Crippen LogP contribution in [0.25, 0.3) is 21.1 Å². The highest BCUT2D eigenvalue weighted by Crippen LogP contribution is 2.34. The highest BCUT2D eigenvalue weighted by atomic mass is 32.1. The van der Waals surface area contributed by atoms with Crippen LogP contribution in [0.2, 0.25) is 0 Å². The Kier molecular flexibility index (Phi) is 4.24. The summed E-state index contributed by atoms with van der Waals surface area (Å²) < 4.78 is 17.9. The van der Waals surface area contributed by atoms with Crippen molar-refractivity contribution < 1.29 is 4.39 Å². The molecule has 0 fully saturated rings. The van der Waals surface area contributed by atoms with Gasteiger partial charge in [0.05, 0.1) is 23.0 Å². The lowest BCUT2D eigenvalue weighted by Crippen LogP contribution is -2.25. The van der Waals surface area contributed by atoms with E-state index in [-0.39, 0.29) is 11.4 Å². The minimum absolute atomic E-state index is 0.144. The van der Waals surface area contributed by atoms with Crippen LogP contribution < -0.4 is 5.56 Å². The summed E-state index contributed by atoms with van der Waals surface area (Å²) in [5.74, 6) is -0.273. The molecule has 0 aliphatic heterocycles. The Bertz CT molecular complexity index is 1380. The van der Waals surface area contributed by atoms with Crippen LogP contribution in [-0.2, 0) is 13.1 Å². The molecule has 7 heteroatoms. The first-order chi connectivity index (χ1) is 14.1. The molecule has 0 spiro atoms. The Hall–Kier alpha value is -3.32. The number of hydrogen-bond donors (Lipinski definition) is 0. The van der Waals surface area contributed by atoms with Gasteiger partial charge in [-0.25, -0.2) is 9.07 Å². The maximum Gasteiger partial charge on any atom is 0.291 e. The van der Waals surface area contributed by atoms with Crippen molar-refractivity contribution in [3.8, 4) is 0 Å². The van der Waals surface area contributed by atoms with Gasteiger partial charge in [-0.05, 0) is 42.3 Å². The van der Waals surface area contributed by atoms with Gasteiger partial charge in [0.2, 0.25) is 0 Å². The average Bonchev–Trinajstić information content (AvgIpc) is 3.23. The summed E-state index contributed by atoms with van der Waals surface area (Å²) in [6.45, 7) is 2.90. The zero-order chi connectivity index (χ0) is 20.0. The summed E-state index contributed by atoms with van der Waals surface area (Å²) >= 11 is 1.66. The van der Waals surface area contributed by atoms with Gasteiger partial charge in [0.25, 0.3) is 5.56 Å². The van der Waals surface area contributed by atoms with E-state index in [1.54, 1.807) is 42.1 Å². The lowest BCUT2D eigenvalue weighted by Gasteiger charge is -2.09. The molecule has 0 saturated heterocycles. The molecular formula is C22H17FN4OS. The second kappa shape index (κ2) is 6.93. The average molecular weight is 404 g/mol. The van der Waals surface area contributed by atoms with Crippen molar-refractivity contribution in [2.45, 2.75) is 20.0 Å². The molecule has 0 N–H and O–H groups in total. The van der Waals surface area contributed by atoms with Crippen molar-refractivity contribution in [1.29, 1.82) is 0 Å². The minimum Gasteiger partial charge on any atom is -0.331 e. The van der Waals surface area contributed by atoms with Crippen LogP contribution in [-0.4, -0.2) is 19.3 Å². The maximum atomic E-state index is 13.4. The summed E-state index contributed by atoms with van der Waals surface area (Å²) in [5.41, 5.74) is 3.33. The zero-order valence-electron chi connectivity index (χ0n) is 15.7. The molecule has 4 aromatic heterocycles. The monoisotopic (exact) mass is 404 g/mol. The molecule has 4 heterocycles. The number of pyridine rings is 1. The molecule has 5 nitrogen and oxygen atoms in total. The molecule has 1 aromatic carbocycles.